The highest BCUT2D eigenvalue weighted by atomic mass is 79.9. The molecule has 0 radical (unpaired) electrons. The third-order valence-electron chi connectivity index (χ3n) is 8.19. The molecule has 2 amide bonds. The van der Waals surface area contributed by atoms with Gasteiger partial charge in [-0.25, -0.2) is 9.59 Å². The molecule has 0 spiro atoms. The van der Waals surface area contributed by atoms with Crippen LogP contribution in [0.3, 0.4) is 0 Å². The predicted molar refractivity (Wildman–Crippen MR) is 157 cm³/mol. The third kappa shape index (κ3) is 5.43. The molecule has 2 atom stereocenters. The van der Waals surface area contributed by atoms with Gasteiger partial charge in [-0.3, -0.25) is 4.79 Å². The SMILES string of the molecule is Cc1oc(=O)oc1COC(=O)N1CC[C@@H](N2CCC([P+](c3ccccc3)(c3ccccc3)c3ccccc3)C2=O)C1.[Br-]. The molecular formula is C32H32BrN2O6P. The van der Waals surface area contributed by atoms with Gasteiger partial charge in [-0.05, 0) is 49.7 Å². The number of benzene rings is 3. The molecule has 3 heterocycles. The van der Waals surface area contributed by atoms with Gasteiger partial charge in [0.15, 0.2) is 23.8 Å². The van der Waals surface area contributed by atoms with Crippen LogP contribution in [0.4, 0.5) is 4.79 Å². The summed E-state index contributed by atoms with van der Waals surface area (Å²) in [6.45, 7) is 2.94. The van der Waals surface area contributed by atoms with E-state index in [4.69, 9.17) is 13.6 Å². The Morgan fingerprint density at radius 2 is 1.38 bits per heavy atom. The molecule has 2 saturated heterocycles. The maximum Gasteiger partial charge on any atom is 0.519 e. The van der Waals surface area contributed by atoms with Gasteiger partial charge in [0.05, 0.1) is 6.04 Å². The molecule has 8 nitrogen and oxygen atoms in total. The van der Waals surface area contributed by atoms with E-state index in [-0.39, 0.29) is 52.7 Å². The van der Waals surface area contributed by atoms with Crippen molar-refractivity contribution in [2.45, 2.75) is 38.1 Å². The summed E-state index contributed by atoms with van der Waals surface area (Å²) in [5.41, 5.74) is -0.206. The number of carbonyl (C=O) groups excluding carboxylic acids is 2. The fraction of sp³-hybridized carbons (Fsp3) is 0.281. The molecule has 218 valence electrons. The van der Waals surface area contributed by atoms with Gasteiger partial charge in [0.2, 0.25) is 0 Å². The maximum absolute atomic E-state index is 14.5. The normalized spacial score (nSPS) is 18.6. The van der Waals surface area contributed by atoms with Crippen LogP contribution in [0.15, 0.2) is 105 Å². The van der Waals surface area contributed by atoms with Crippen molar-refractivity contribution >= 4 is 35.2 Å². The number of likely N-dealkylation sites (tertiary alicyclic amines) is 2. The lowest BCUT2D eigenvalue weighted by atomic mass is 10.2. The lowest BCUT2D eigenvalue weighted by Crippen LogP contribution is -3.00. The molecule has 6 rings (SSSR count). The van der Waals surface area contributed by atoms with Crippen LogP contribution in [-0.2, 0) is 16.1 Å². The van der Waals surface area contributed by atoms with Gasteiger partial charge >= 0.3 is 11.9 Å². The number of hydrogen-bond acceptors (Lipinski definition) is 6. The molecule has 2 aliphatic heterocycles. The van der Waals surface area contributed by atoms with Crippen molar-refractivity contribution in [3.05, 3.63) is 113 Å². The number of halogens is 1. The number of ether oxygens (including phenoxy) is 1. The van der Waals surface area contributed by atoms with Crippen molar-refractivity contribution in [1.82, 2.24) is 9.80 Å². The molecule has 0 aliphatic carbocycles. The molecule has 0 saturated carbocycles. The smallest absolute Gasteiger partial charge is 0.519 e. The lowest BCUT2D eigenvalue weighted by Gasteiger charge is -2.32. The molecule has 0 bridgehead atoms. The second-order valence-electron chi connectivity index (χ2n) is 10.4. The molecule has 4 aromatic rings. The minimum atomic E-state index is -2.36. The Kier molecular flexibility index (Phi) is 8.99. The van der Waals surface area contributed by atoms with Gasteiger partial charge in [-0.1, -0.05) is 54.6 Å². The van der Waals surface area contributed by atoms with E-state index in [0.717, 1.165) is 6.42 Å². The second-order valence-corrected chi connectivity index (χ2v) is 14.1. The van der Waals surface area contributed by atoms with Crippen LogP contribution in [0.1, 0.15) is 24.4 Å². The summed E-state index contributed by atoms with van der Waals surface area (Å²) in [5.74, 6) is -0.194. The first-order valence-corrected chi connectivity index (χ1v) is 15.7. The molecule has 1 unspecified atom stereocenters. The summed E-state index contributed by atoms with van der Waals surface area (Å²) >= 11 is 0. The Morgan fingerprint density at radius 3 is 1.88 bits per heavy atom. The first kappa shape index (κ1) is 29.8. The van der Waals surface area contributed by atoms with Gasteiger partial charge in [-0.2, -0.15) is 0 Å². The molecular weight excluding hydrogens is 619 g/mol. The average Bonchev–Trinajstić information content (AvgIpc) is 3.73. The van der Waals surface area contributed by atoms with E-state index in [2.05, 4.69) is 72.8 Å². The number of aryl methyl sites for hydroxylation is 1. The number of amides is 2. The van der Waals surface area contributed by atoms with E-state index in [1.54, 1.807) is 11.8 Å². The van der Waals surface area contributed by atoms with E-state index < -0.39 is 19.2 Å². The summed E-state index contributed by atoms with van der Waals surface area (Å²) in [6, 6.07) is 31.3. The number of nitrogens with zero attached hydrogens (tertiary/aromatic N) is 2. The van der Waals surface area contributed by atoms with Crippen LogP contribution in [0.2, 0.25) is 0 Å². The van der Waals surface area contributed by atoms with Crippen molar-refractivity contribution < 1.29 is 40.1 Å². The first-order chi connectivity index (χ1) is 20.0. The number of hydrogen-bond donors (Lipinski definition) is 0. The largest absolute Gasteiger partial charge is 1.00 e. The highest BCUT2D eigenvalue weighted by Gasteiger charge is 2.59. The van der Waals surface area contributed by atoms with Crippen molar-refractivity contribution in [3.8, 4) is 0 Å². The first-order valence-electron chi connectivity index (χ1n) is 13.9. The minimum Gasteiger partial charge on any atom is -1.00 e. The van der Waals surface area contributed by atoms with Crippen LogP contribution >= 0.6 is 7.26 Å². The number of rotatable bonds is 7. The zero-order chi connectivity index (χ0) is 28.4. The standard InChI is InChI=1S/C32H32N2O6P.BrH/c1-23-28(40-32(37)39-23)22-38-31(36)33-19-17-24(21-33)34-20-18-29(30(34)35)41(25-11-5-2-6-12-25,26-13-7-3-8-14-26)27-15-9-4-10-16-27;/h2-16,24,29H,17-22H2,1H3;1H/q+1;/p-1/t24-,29?;/m1./s1. The Balaban J connectivity index is 0.00000353. The topological polar surface area (TPSA) is 93.2 Å². The second kappa shape index (κ2) is 12.7. The fourth-order valence-corrected chi connectivity index (χ4v) is 11.2. The van der Waals surface area contributed by atoms with E-state index in [1.165, 1.54) is 15.9 Å². The zero-order valence-electron chi connectivity index (χ0n) is 23.2. The van der Waals surface area contributed by atoms with E-state index in [9.17, 15) is 14.4 Å². The van der Waals surface area contributed by atoms with Crippen LogP contribution in [0, 0.1) is 6.92 Å². The quantitative estimate of drug-likeness (QED) is 0.276. The fourth-order valence-electron chi connectivity index (χ4n) is 6.27. The summed E-state index contributed by atoms with van der Waals surface area (Å²) in [7, 11) is -2.36. The Labute approximate surface area is 255 Å². The van der Waals surface area contributed by atoms with Crippen molar-refractivity contribution in [1.29, 1.82) is 0 Å². The molecule has 10 heteroatoms. The van der Waals surface area contributed by atoms with E-state index in [1.807, 2.05) is 23.1 Å². The van der Waals surface area contributed by atoms with Gasteiger partial charge in [0.25, 0.3) is 5.91 Å². The Hall–Kier alpha value is -3.68. The summed E-state index contributed by atoms with van der Waals surface area (Å²) in [5, 5.41) is 3.57. The number of carbonyl (C=O) groups is 2. The minimum absolute atomic E-state index is 0. The highest BCUT2D eigenvalue weighted by molar-refractivity contribution is 7.96. The van der Waals surface area contributed by atoms with Crippen molar-refractivity contribution in [2.24, 2.45) is 0 Å². The van der Waals surface area contributed by atoms with Crippen molar-refractivity contribution in [2.75, 3.05) is 19.6 Å². The molecule has 0 N–H and O–H groups in total. The zero-order valence-corrected chi connectivity index (χ0v) is 25.7. The van der Waals surface area contributed by atoms with Gasteiger partial charge in [0.1, 0.15) is 23.2 Å². The molecule has 2 fully saturated rings. The lowest BCUT2D eigenvalue weighted by molar-refractivity contribution is -0.129. The monoisotopic (exact) mass is 650 g/mol. The summed E-state index contributed by atoms with van der Waals surface area (Å²) < 4.78 is 15.2. The summed E-state index contributed by atoms with van der Waals surface area (Å²) in [4.78, 5) is 42.2. The Bertz CT molecular complexity index is 1480. The molecule has 2 aliphatic rings. The van der Waals surface area contributed by atoms with Gasteiger partial charge in [0, 0.05) is 26.1 Å². The van der Waals surface area contributed by atoms with E-state index in [0.29, 0.717) is 26.1 Å². The highest BCUT2D eigenvalue weighted by Crippen LogP contribution is 2.62. The van der Waals surface area contributed by atoms with E-state index >= 15 is 0 Å². The van der Waals surface area contributed by atoms with Crippen LogP contribution in [0.25, 0.3) is 0 Å². The Morgan fingerprint density at radius 1 is 0.833 bits per heavy atom. The third-order valence-corrected chi connectivity index (χ3v) is 12.9. The van der Waals surface area contributed by atoms with Crippen LogP contribution in [-0.4, -0.2) is 53.1 Å². The van der Waals surface area contributed by atoms with Gasteiger partial charge in [-0.15, -0.1) is 0 Å². The maximum atomic E-state index is 14.5. The van der Waals surface area contributed by atoms with Crippen LogP contribution in [0.5, 0.6) is 0 Å². The molecule has 1 aromatic heterocycles. The average molecular weight is 651 g/mol. The van der Waals surface area contributed by atoms with Gasteiger partial charge < -0.3 is 40.4 Å². The van der Waals surface area contributed by atoms with Crippen LogP contribution < -0.4 is 38.7 Å². The summed E-state index contributed by atoms with van der Waals surface area (Å²) in [6.07, 6.45) is 0.921. The molecule has 3 aromatic carbocycles. The predicted octanol–water partition coefficient (Wildman–Crippen LogP) is 0.851. The molecule has 42 heavy (non-hydrogen) atoms. The van der Waals surface area contributed by atoms with Crippen molar-refractivity contribution in [3.63, 3.8) is 0 Å².